The Morgan fingerprint density at radius 1 is 1.36 bits per heavy atom. The standard InChI is InChI=1S/C9H14N4O/c14-8-6-10-7-11-9(8)13-5-3-1-2-4-12-13/h7,12H,1-6H2. The number of hydrazine groups is 1. The van der Waals surface area contributed by atoms with Crippen LogP contribution >= 0.6 is 0 Å². The maximum atomic E-state index is 11.5. The van der Waals surface area contributed by atoms with E-state index in [0.717, 1.165) is 25.9 Å². The molecule has 1 saturated heterocycles. The van der Waals surface area contributed by atoms with Gasteiger partial charge in [0, 0.05) is 13.1 Å². The summed E-state index contributed by atoms with van der Waals surface area (Å²) >= 11 is 0. The number of hydrogen-bond donors (Lipinski definition) is 1. The van der Waals surface area contributed by atoms with Crippen molar-refractivity contribution in [3.63, 3.8) is 0 Å². The van der Waals surface area contributed by atoms with E-state index < -0.39 is 0 Å². The lowest BCUT2D eigenvalue weighted by atomic mass is 10.2. The second-order valence-corrected chi connectivity index (χ2v) is 3.45. The summed E-state index contributed by atoms with van der Waals surface area (Å²) in [5.41, 5.74) is 3.20. The second kappa shape index (κ2) is 4.32. The quantitative estimate of drug-likeness (QED) is 0.590. The summed E-state index contributed by atoms with van der Waals surface area (Å²) in [6.45, 7) is 2.01. The van der Waals surface area contributed by atoms with Gasteiger partial charge in [0.2, 0.25) is 5.78 Å². The van der Waals surface area contributed by atoms with Crippen molar-refractivity contribution < 1.29 is 4.79 Å². The van der Waals surface area contributed by atoms with E-state index >= 15 is 0 Å². The van der Waals surface area contributed by atoms with Crippen LogP contribution in [0.2, 0.25) is 0 Å². The maximum absolute atomic E-state index is 11.5. The van der Waals surface area contributed by atoms with E-state index in [4.69, 9.17) is 0 Å². The van der Waals surface area contributed by atoms with Gasteiger partial charge in [-0.3, -0.25) is 14.8 Å². The maximum Gasteiger partial charge on any atom is 0.220 e. The topological polar surface area (TPSA) is 57.1 Å². The summed E-state index contributed by atoms with van der Waals surface area (Å²) < 4.78 is 0. The van der Waals surface area contributed by atoms with Crippen LogP contribution in [0.25, 0.3) is 0 Å². The highest BCUT2D eigenvalue weighted by atomic mass is 16.1. The van der Waals surface area contributed by atoms with Gasteiger partial charge in [-0.1, -0.05) is 6.42 Å². The van der Waals surface area contributed by atoms with Gasteiger partial charge in [0.05, 0.1) is 0 Å². The highest BCUT2D eigenvalue weighted by Crippen LogP contribution is 2.04. The average Bonchev–Trinajstić information content (AvgIpc) is 2.47. The first kappa shape index (κ1) is 9.33. The molecule has 2 aliphatic heterocycles. The Balaban J connectivity index is 2.07. The van der Waals surface area contributed by atoms with Crippen molar-refractivity contribution in [1.82, 2.24) is 10.4 Å². The number of nitrogens with one attached hydrogen (secondary N) is 1. The zero-order chi connectivity index (χ0) is 9.80. The molecule has 0 unspecified atom stereocenters. The Kier molecular flexibility index (Phi) is 2.88. The molecule has 0 aromatic rings. The van der Waals surface area contributed by atoms with Crippen LogP contribution in [0.3, 0.4) is 0 Å². The first-order chi connectivity index (χ1) is 6.88. The van der Waals surface area contributed by atoms with Crippen LogP contribution in [0.4, 0.5) is 0 Å². The normalized spacial score (nSPS) is 23.3. The monoisotopic (exact) mass is 194 g/mol. The summed E-state index contributed by atoms with van der Waals surface area (Å²) in [5.74, 6) is 0.517. The summed E-state index contributed by atoms with van der Waals surface area (Å²) in [4.78, 5) is 19.3. The molecule has 0 radical (unpaired) electrons. The molecule has 5 nitrogen and oxygen atoms in total. The molecular weight excluding hydrogens is 180 g/mol. The third-order valence-electron chi connectivity index (χ3n) is 2.36. The number of rotatable bonds is 0. The number of carbonyl (C=O) groups excluding carboxylic acids is 1. The number of nitrogens with zero attached hydrogens (tertiary/aromatic N) is 3. The van der Waals surface area contributed by atoms with Crippen molar-refractivity contribution in [2.24, 2.45) is 9.98 Å². The molecule has 0 spiro atoms. The van der Waals surface area contributed by atoms with Crippen LogP contribution in [0.5, 0.6) is 0 Å². The molecule has 0 aromatic heterocycles. The fourth-order valence-corrected chi connectivity index (χ4v) is 1.63. The SMILES string of the molecule is O=C1CN=CN=C1N1CCCCCN1. The number of ketones is 1. The van der Waals surface area contributed by atoms with Crippen LogP contribution < -0.4 is 5.43 Å². The first-order valence-electron chi connectivity index (χ1n) is 4.98. The van der Waals surface area contributed by atoms with Crippen molar-refractivity contribution >= 4 is 18.0 Å². The molecule has 0 bridgehead atoms. The van der Waals surface area contributed by atoms with Crippen LogP contribution in [0.15, 0.2) is 9.98 Å². The minimum absolute atomic E-state index is 0.00176. The lowest BCUT2D eigenvalue weighted by molar-refractivity contribution is -0.112. The Labute approximate surface area is 82.9 Å². The van der Waals surface area contributed by atoms with Gasteiger partial charge in [0.15, 0.2) is 5.84 Å². The van der Waals surface area contributed by atoms with E-state index in [-0.39, 0.29) is 12.3 Å². The summed E-state index contributed by atoms with van der Waals surface area (Å²) in [7, 11) is 0. The Hall–Kier alpha value is -1.23. The van der Waals surface area contributed by atoms with Gasteiger partial charge in [-0.15, -0.1) is 0 Å². The molecule has 0 amide bonds. The van der Waals surface area contributed by atoms with E-state index in [0.29, 0.717) is 5.84 Å². The molecule has 0 atom stereocenters. The summed E-state index contributed by atoms with van der Waals surface area (Å²) in [5, 5.41) is 1.86. The molecule has 2 rings (SSSR count). The molecule has 0 aliphatic carbocycles. The van der Waals surface area contributed by atoms with E-state index in [9.17, 15) is 4.79 Å². The number of hydrogen-bond acceptors (Lipinski definition) is 5. The third-order valence-corrected chi connectivity index (χ3v) is 2.36. The van der Waals surface area contributed by atoms with Gasteiger partial charge in [-0.2, -0.15) is 0 Å². The van der Waals surface area contributed by atoms with Crippen LogP contribution in [-0.2, 0) is 4.79 Å². The number of carbonyl (C=O) groups is 1. The van der Waals surface area contributed by atoms with Crippen molar-refractivity contribution in [1.29, 1.82) is 0 Å². The lowest BCUT2D eigenvalue weighted by Gasteiger charge is -2.23. The molecule has 76 valence electrons. The molecule has 5 heteroatoms. The van der Waals surface area contributed by atoms with Gasteiger partial charge in [-0.05, 0) is 12.8 Å². The highest BCUT2D eigenvalue weighted by molar-refractivity contribution is 6.41. The zero-order valence-corrected chi connectivity index (χ0v) is 8.07. The number of amidine groups is 1. The third kappa shape index (κ3) is 1.98. The average molecular weight is 194 g/mol. The number of aliphatic imine (C=N–C) groups is 2. The minimum Gasteiger partial charge on any atom is -0.289 e. The van der Waals surface area contributed by atoms with E-state index in [1.54, 1.807) is 0 Å². The lowest BCUT2D eigenvalue weighted by Crippen LogP contribution is -2.47. The molecular formula is C9H14N4O. The summed E-state index contributed by atoms with van der Waals surface area (Å²) in [6, 6.07) is 0. The zero-order valence-electron chi connectivity index (χ0n) is 8.07. The second-order valence-electron chi connectivity index (χ2n) is 3.45. The Bertz CT molecular complexity index is 277. The molecule has 14 heavy (non-hydrogen) atoms. The van der Waals surface area contributed by atoms with Gasteiger partial charge < -0.3 is 0 Å². The van der Waals surface area contributed by atoms with Crippen LogP contribution in [-0.4, -0.2) is 42.6 Å². The first-order valence-corrected chi connectivity index (χ1v) is 4.98. The van der Waals surface area contributed by atoms with Crippen LogP contribution in [0, 0.1) is 0 Å². The van der Waals surface area contributed by atoms with Crippen LogP contribution in [0.1, 0.15) is 19.3 Å². The van der Waals surface area contributed by atoms with Crippen molar-refractivity contribution in [3.8, 4) is 0 Å². The molecule has 0 saturated carbocycles. The fraction of sp³-hybridized carbons (Fsp3) is 0.667. The van der Waals surface area contributed by atoms with Gasteiger partial charge >= 0.3 is 0 Å². The largest absolute Gasteiger partial charge is 0.289 e. The number of Topliss-reactive ketones (excluding diaryl/α,β-unsaturated/α-hetero) is 1. The smallest absolute Gasteiger partial charge is 0.220 e. The molecule has 0 aromatic carbocycles. The van der Waals surface area contributed by atoms with Crippen molar-refractivity contribution in [3.05, 3.63) is 0 Å². The summed E-state index contributed by atoms with van der Waals surface area (Å²) in [6.07, 6.45) is 4.94. The Morgan fingerprint density at radius 2 is 2.29 bits per heavy atom. The van der Waals surface area contributed by atoms with Gasteiger partial charge in [-0.25, -0.2) is 10.4 Å². The molecule has 1 N–H and O–H groups in total. The Morgan fingerprint density at radius 3 is 3.14 bits per heavy atom. The van der Waals surface area contributed by atoms with E-state index in [1.165, 1.54) is 12.8 Å². The minimum atomic E-state index is 0.00176. The molecule has 2 aliphatic rings. The predicted octanol–water partition coefficient (Wildman–Crippen LogP) is -0.0136. The van der Waals surface area contributed by atoms with E-state index in [1.807, 2.05) is 5.01 Å². The predicted molar refractivity (Wildman–Crippen MR) is 54.4 cm³/mol. The van der Waals surface area contributed by atoms with Crippen molar-refractivity contribution in [2.75, 3.05) is 19.6 Å². The fourth-order valence-electron chi connectivity index (χ4n) is 1.63. The van der Waals surface area contributed by atoms with Gasteiger partial charge in [0.1, 0.15) is 12.9 Å². The molecule has 2 heterocycles. The van der Waals surface area contributed by atoms with Gasteiger partial charge in [0.25, 0.3) is 0 Å². The van der Waals surface area contributed by atoms with Crippen molar-refractivity contribution in [2.45, 2.75) is 19.3 Å². The highest BCUT2D eigenvalue weighted by Gasteiger charge is 2.21. The van der Waals surface area contributed by atoms with E-state index in [2.05, 4.69) is 15.4 Å². The molecule has 1 fully saturated rings.